The Morgan fingerprint density at radius 1 is 1.42 bits per heavy atom. The molecule has 0 radical (unpaired) electrons. The molecule has 0 unspecified atom stereocenters. The Balaban J connectivity index is 2.00. The number of alkyl halides is 1. The van der Waals surface area contributed by atoms with E-state index in [4.69, 9.17) is 4.74 Å². The summed E-state index contributed by atoms with van der Waals surface area (Å²) >= 11 is 8.57. The maximum atomic E-state index is 5.90. The van der Waals surface area contributed by atoms with Gasteiger partial charge in [0.2, 0.25) is 5.88 Å². The van der Waals surface area contributed by atoms with E-state index in [2.05, 4.69) is 36.8 Å². The lowest BCUT2D eigenvalue weighted by molar-refractivity contribution is 0.461. The predicted octanol–water partition coefficient (Wildman–Crippen LogP) is 5.15. The van der Waals surface area contributed by atoms with Crippen LogP contribution < -0.4 is 4.74 Å². The molecule has 2 aromatic heterocycles. The SMILES string of the molecule is Cc1cc(Oc2nc3sccn3c2CBr)ccc1Br. The average Bonchev–Trinajstić information content (AvgIpc) is 2.94. The third kappa shape index (κ3) is 2.44. The number of imidazole rings is 1. The topological polar surface area (TPSA) is 26.5 Å². The molecule has 0 N–H and O–H groups in total. The number of ether oxygens (including phenoxy) is 1. The Morgan fingerprint density at radius 2 is 2.26 bits per heavy atom. The van der Waals surface area contributed by atoms with Crippen molar-refractivity contribution >= 4 is 48.2 Å². The van der Waals surface area contributed by atoms with Crippen molar-refractivity contribution in [3.05, 3.63) is 45.5 Å². The van der Waals surface area contributed by atoms with Gasteiger partial charge in [0, 0.05) is 21.4 Å². The molecule has 1 aromatic carbocycles. The number of aryl methyl sites for hydroxylation is 1. The van der Waals surface area contributed by atoms with Gasteiger partial charge in [0.25, 0.3) is 0 Å². The normalized spacial score (nSPS) is 11.1. The van der Waals surface area contributed by atoms with Crippen molar-refractivity contribution in [1.29, 1.82) is 0 Å². The fourth-order valence-corrected chi connectivity index (χ4v) is 3.29. The summed E-state index contributed by atoms with van der Waals surface area (Å²) in [5, 5.41) is 2.72. The van der Waals surface area contributed by atoms with Crippen LogP contribution in [0, 0.1) is 6.92 Å². The van der Waals surface area contributed by atoms with Crippen molar-refractivity contribution in [2.45, 2.75) is 12.3 Å². The van der Waals surface area contributed by atoms with Gasteiger partial charge in [-0.1, -0.05) is 31.9 Å². The zero-order chi connectivity index (χ0) is 13.4. The van der Waals surface area contributed by atoms with Gasteiger partial charge in [-0.05, 0) is 30.7 Å². The van der Waals surface area contributed by atoms with E-state index in [1.165, 1.54) is 0 Å². The van der Waals surface area contributed by atoms with Gasteiger partial charge in [-0.15, -0.1) is 11.3 Å². The molecule has 98 valence electrons. The van der Waals surface area contributed by atoms with Gasteiger partial charge in [-0.2, -0.15) is 4.98 Å². The van der Waals surface area contributed by atoms with Crippen molar-refractivity contribution in [3.8, 4) is 11.6 Å². The number of halogens is 2. The van der Waals surface area contributed by atoms with Gasteiger partial charge in [-0.25, -0.2) is 0 Å². The Labute approximate surface area is 131 Å². The summed E-state index contributed by atoms with van der Waals surface area (Å²) in [4.78, 5) is 5.45. The number of hydrogen-bond acceptors (Lipinski definition) is 3. The first-order chi connectivity index (χ1) is 9.19. The Kier molecular flexibility index (Phi) is 3.64. The summed E-state index contributed by atoms with van der Waals surface area (Å²) in [7, 11) is 0. The van der Waals surface area contributed by atoms with Gasteiger partial charge in [0.1, 0.15) is 5.75 Å². The summed E-state index contributed by atoms with van der Waals surface area (Å²) in [5.74, 6) is 1.46. The first-order valence-corrected chi connectivity index (χ1v) is 8.43. The zero-order valence-electron chi connectivity index (χ0n) is 10.1. The van der Waals surface area contributed by atoms with E-state index < -0.39 is 0 Å². The molecule has 0 spiro atoms. The van der Waals surface area contributed by atoms with E-state index in [-0.39, 0.29) is 0 Å². The largest absolute Gasteiger partial charge is 0.437 e. The number of fused-ring (bicyclic) bond motifs is 1. The van der Waals surface area contributed by atoms with E-state index in [1.807, 2.05) is 41.1 Å². The van der Waals surface area contributed by atoms with E-state index in [9.17, 15) is 0 Å². The summed E-state index contributed by atoms with van der Waals surface area (Å²) in [6, 6.07) is 5.91. The van der Waals surface area contributed by atoms with Crippen LogP contribution in [-0.4, -0.2) is 9.38 Å². The number of aromatic nitrogens is 2. The molecule has 0 amide bonds. The summed E-state index contributed by atoms with van der Waals surface area (Å²) in [5.41, 5.74) is 2.16. The summed E-state index contributed by atoms with van der Waals surface area (Å²) in [6.45, 7) is 2.04. The lowest BCUT2D eigenvalue weighted by Crippen LogP contribution is -1.91. The highest BCUT2D eigenvalue weighted by Crippen LogP contribution is 2.31. The third-order valence-electron chi connectivity index (χ3n) is 2.79. The molecular formula is C13H10Br2N2OS. The Hall–Kier alpha value is -0.850. The second-order valence-corrected chi connectivity index (χ2v) is 6.35. The molecule has 0 saturated carbocycles. The Bertz CT molecular complexity index is 735. The number of hydrogen-bond donors (Lipinski definition) is 0. The molecule has 6 heteroatoms. The molecule has 0 aliphatic rings. The van der Waals surface area contributed by atoms with E-state index in [0.717, 1.165) is 26.4 Å². The van der Waals surface area contributed by atoms with Gasteiger partial charge in [-0.3, -0.25) is 4.40 Å². The molecule has 0 aliphatic carbocycles. The lowest BCUT2D eigenvalue weighted by atomic mass is 10.2. The smallest absolute Gasteiger partial charge is 0.243 e. The highest BCUT2D eigenvalue weighted by molar-refractivity contribution is 9.10. The van der Waals surface area contributed by atoms with Gasteiger partial charge in [0.05, 0.1) is 5.69 Å². The number of benzene rings is 1. The number of nitrogens with zero attached hydrogens (tertiary/aromatic N) is 2. The molecule has 0 saturated heterocycles. The molecule has 0 fully saturated rings. The van der Waals surface area contributed by atoms with Crippen LogP contribution in [0.1, 0.15) is 11.3 Å². The lowest BCUT2D eigenvalue weighted by Gasteiger charge is -2.06. The zero-order valence-corrected chi connectivity index (χ0v) is 14.0. The van der Waals surface area contributed by atoms with E-state index in [0.29, 0.717) is 11.2 Å². The molecule has 19 heavy (non-hydrogen) atoms. The second-order valence-electron chi connectivity index (χ2n) is 4.07. The molecule has 0 bridgehead atoms. The van der Waals surface area contributed by atoms with E-state index >= 15 is 0 Å². The maximum absolute atomic E-state index is 5.90. The van der Waals surface area contributed by atoms with Gasteiger partial charge >= 0.3 is 0 Å². The quantitative estimate of drug-likeness (QED) is 0.567. The van der Waals surface area contributed by atoms with Gasteiger partial charge < -0.3 is 4.74 Å². The minimum absolute atomic E-state index is 0.658. The number of thiazole rings is 1. The molecular weight excluding hydrogens is 392 g/mol. The monoisotopic (exact) mass is 400 g/mol. The molecule has 0 aliphatic heterocycles. The van der Waals surface area contributed by atoms with Crippen LogP contribution in [0.5, 0.6) is 11.6 Å². The van der Waals surface area contributed by atoms with Crippen LogP contribution in [0.25, 0.3) is 4.96 Å². The predicted molar refractivity (Wildman–Crippen MR) is 84.7 cm³/mol. The molecule has 3 nitrogen and oxygen atoms in total. The minimum atomic E-state index is 0.658. The fraction of sp³-hybridized carbons (Fsp3) is 0.154. The van der Waals surface area contributed by atoms with Gasteiger partial charge in [0.15, 0.2) is 4.96 Å². The number of rotatable bonds is 3. The van der Waals surface area contributed by atoms with Crippen LogP contribution in [0.2, 0.25) is 0 Å². The van der Waals surface area contributed by atoms with E-state index in [1.54, 1.807) is 11.3 Å². The molecule has 0 atom stereocenters. The van der Waals surface area contributed by atoms with Crippen LogP contribution in [0.4, 0.5) is 0 Å². The average molecular weight is 402 g/mol. The second kappa shape index (κ2) is 5.26. The maximum Gasteiger partial charge on any atom is 0.243 e. The van der Waals surface area contributed by atoms with Crippen molar-refractivity contribution in [2.24, 2.45) is 0 Å². The first-order valence-electron chi connectivity index (χ1n) is 5.63. The van der Waals surface area contributed by atoms with Crippen LogP contribution in [-0.2, 0) is 5.33 Å². The molecule has 2 heterocycles. The van der Waals surface area contributed by atoms with Crippen molar-refractivity contribution in [3.63, 3.8) is 0 Å². The van der Waals surface area contributed by atoms with Crippen LogP contribution in [0.3, 0.4) is 0 Å². The van der Waals surface area contributed by atoms with Crippen molar-refractivity contribution in [1.82, 2.24) is 9.38 Å². The standard InChI is InChI=1S/C13H10Br2N2OS/c1-8-6-9(2-3-10(8)15)18-12-11(7-14)17-4-5-19-13(17)16-12/h2-6H,7H2,1H3. The van der Waals surface area contributed by atoms with Crippen molar-refractivity contribution in [2.75, 3.05) is 0 Å². The summed E-state index contributed by atoms with van der Waals surface area (Å²) < 4.78 is 9.02. The highest BCUT2D eigenvalue weighted by Gasteiger charge is 2.14. The minimum Gasteiger partial charge on any atom is -0.437 e. The molecule has 3 aromatic rings. The summed E-state index contributed by atoms with van der Waals surface area (Å²) in [6.07, 6.45) is 2.00. The van der Waals surface area contributed by atoms with Crippen LogP contribution >= 0.6 is 43.2 Å². The molecule has 3 rings (SSSR count). The third-order valence-corrected chi connectivity index (χ3v) is 4.97. The van der Waals surface area contributed by atoms with Crippen LogP contribution in [0.15, 0.2) is 34.2 Å². The fourth-order valence-electron chi connectivity index (χ4n) is 1.81. The highest BCUT2D eigenvalue weighted by atomic mass is 79.9. The first kappa shape index (κ1) is 13.1. The Morgan fingerprint density at radius 3 is 3.00 bits per heavy atom. The van der Waals surface area contributed by atoms with Crippen molar-refractivity contribution < 1.29 is 4.74 Å².